The fraction of sp³-hybridized carbons (Fsp3) is 0.267. The van der Waals surface area contributed by atoms with Crippen molar-refractivity contribution in [3.05, 3.63) is 48.4 Å². The fourth-order valence-corrected chi connectivity index (χ4v) is 2.21. The maximum Gasteiger partial charge on any atom is 0.265 e. The summed E-state index contributed by atoms with van der Waals surface area (Å²) >= 11 is 0. The van der Waals surface area contributed by atoms with E-state index in [-0.39, 0.29) is 5.91 Å². The molecule has 0 aliphatic carbocycles. The first-order valence-electron chi connectivity index (χ1n) is 6.51. The normalized spacial score (nSPS) is 16.8. The average molecular weight is 272 g/mol. The van der Waals surface area contributed by atoms with E-state index in [0.29, 0.717) is 18.8 Å². The molecule has 1 aliphatic rings. The highest BCUT2D eigenvalue weighted by Gasteiger charge is 2.28. The molecule has 1 unspecified atom stereocenters. The molecule has 1 atom stereocenters. The number of carbonyl (C=O) groups excluding carboxylic acids is 1. The lowest BCUT2D eigenvalue weighted by atomic mass is 10.2. The van der Waals surface area contributed by atoms with E-state index in [1.54, 1.807) is 18.2 Å². The van der Waals surface area contributed by atoms with Gasteiger partial charge in [-0.25, -0.2) is 0 Å². The standard InChI is InChI=1S/C15H16N2O3/c1-17(10-11-5-4-8-19-11)15(18)14-9-16-12-6-2-3-7-13(12)20-14/h2-8,14,16H,9-10H2,1H3. The van der Waals surface area contributed by atoms with E-state index in [1.807, 2.05) is 36.4 Å². The molecular formula is C15H16N2O3. The molecule has 3 rings (SSSR count). The van der Waals surface area contributed by atoms with Crippen LogP contribution in [0.3, 0.4) is 0 Å². The van der Waals surface area contributed by atoms with Gasteiger partial charge in [-0.15, -0.1) is 0 Å². The van der Waals surface area contributed by atoms with Gasteiger partial charge in [0.05, 0.1) is 25.0 Å². The van der Waals surface area contributed by atoms with Crippen molar-refractivity contribution in [2.75, 3.05) is 18.9 Å². The number of furan rings is 1. The Labute approximate surface area is 117 Å². The summed E-state index contributed by atoms with van der Waals surface area (Å²) in [6.07, 6.45) is 1.09. The van der Waals surface area contributed by atoms with Crippen molar-refractivity contribution in [3.8, 4) is 5.75 Å². The van der Waals surface area contributed by atoms with E-state index in [0.717, 1.165) is 11.4 Å². The molecule has 0 radical (unpaired) electrons. The molecule has 1 N–H and O–H groups in total. The van der Waals surface area contributed by atoms with Gasteiger partial charge in [-0.3, -0.25) is 4.79 Å². The molecule has 5 heteroatoms. The number of carbonyl (C=O) groups is 1. The van der Waals surface area contributed by atoms with E-state index in [1.165, 1.54) is 0 Å². The number of nitrogens with one attached hydrogen (secondary N) is 1. The number of anilines is 1. The number of rotatable bonds is 3. The molecule has 0 saturated heterocycles. The van der Waals surface area contributed by atoms with Crippen LogP contribution in [0.1, 0.15) is 5.76 Å². The number of hydrogen-bond acceptors (Lipinski definition) is 4. The van der Waals surface area contributed by atoms with Gasteiger partial charge in [0.2, 0.25) is 0 Å². The first-order valence-corrected chi connectivity index (χ1v) is 6.51. The number of amides is 1. The number of likely N-dealkylation sites (N-methyl/N-ethyl adjacent to an activating group) is 1. The predicted molar refractivity (Wildman–Crippen MR) is 74.5 cm³/mol. The molecule has 1 aromatic heterocycles. The van der Waals surface area contributed by atoms with Crippen molar-refractivity contribution in [2.24, 2.45) is 0 Å². The highest BCUT2D eigenvalue weighted by molar-refractivity contribution is 5.82. The van der Waals surface area contributed by atoms with E-state index < -0.39 is 6.10 Å². The molecule has 1 aliphatic heterocycles. The van der Waals surface area contributed by atoms with E-state index in [2.05, 4.69) is 5.32 Å². The quantitative estimate of drug-likeness (QED) is 0.929. The van der Waals surface area contributed by atoms with Crippen LogP contribution in [0.4, 0.5) is 5.69 Å². The first kappa shape index (κ1) is 12.6. The van der Waals surface area contributed by atoms with Gasteiger partial charge < -0.3 is 19.4 Å². The molecule has 2 aromatic rings. The molecule has 0 fully saturated rings. The molecule has 20 heavy (non-hydrogen) atoms. The van der Waals surface area contributed by atoms with Gasteiger partial charge >= 0.3 is 0 Å². The minimum absolute atomic E-state index is 0.0663. The van der Waals surface area contributed by atoms with Gasteiger partial charge in [0.15, 0.2) is 6.10 Å². The Morgan fingerprint density at radius 1 is 1.35 bits per heavy atom. The van der Waals surface area contributed by atoms with Gasteiger partial charge in [-0.05, 0) is 24.3 Å². The van der Waals surface area contributed by atoms with Crippen molar-refractivity contribution in [2.45, 2.75) is 12.6 Å². The lowest BCUT2D eigenvalue weighted by molar-refractivity contribution is -0.137. The topological polar surface area (TPSA) is 54.7 Å². The largest absolute Gasteiger partial charge is 0.477 e. The molecule has 0 saturated carbocycles. The van der Waals surface area contributed by atoms with Crippen molar-refractivity contribution < 1.29 is 13.9 Å². The summed E-state index contributed by atoms with van der Waals surface area (Å²) in [4.78, 5) is 14.0. The number of hydrogen-bond donors (Lipinski definition) is 1. The molecule has 0 bridgehead atoms. The third kappa shape index (κ3) is 2.47. The second-order valence-corrected chi connectivity index (χ2v) is 4.76. The summed E-state index contributed by atoms with van der Waals surface area (Å²) in [5, 5.41) is 3.21. The molecule has 1 amide bonds. The van der Waals surface area contributed by atoms with Gasteiger partial charge in [-0.2, -0.15) is 0 Å². The lowest BCUT2D eigenvalue weighted by Crippen LogP contribution is -2.45. The fourth-order valence-electron chi connectivity index (χ4n) is 2.21. The Balaban J connectivity index is 1.66. The maximum absolute atomic E-state index is 12.4. The maximum atomic E-state index is 12.4. The third-order valence-electron chi connectivity index (χ3n) is 3.26. The highest BCUT2D eigenvalue weighted by atomic mass is 16.5. The Morgan fingerprint density at radius 3 is 3.00 bits per heavy atom. The Bertz CT molecular complexity index is 595. The van der Waals surface area contributed by atoms with Gasteiger partial charge in [0, 0.05) is 7.05 Å². The number of nitrogens with zero attached hydrogens (tertiary/aromatic N) is 1. The van der Waals surface area contributed by atoms with Crippen molar-refractivity contribution in [3.63, 3.8) is 0 Å². The van der Waals surface area contributed by atoms with Crippen LogP contribution in [-0.2, 0) is 11.3 Å². The van der Waals surface area contributed by atoms with Crippen molar-refractivity contribution >= 4 is 11.6 Å². The average Bonchev–Trinajstić information content (AvgIpc) is 2.99. The van der Waals surface area contributed by atoms with E-state index in [9.17, 15) is 4.79 Å². The summed E-state index contributed by atoms with van der Waals surface area (Å²) in [6, 6.07) is 11.3. The smallest absolute Gasteiger partial charge is 0.265 e. The summed E-state index contributed by atoms with van der Waals surface area (Å²) in [5.74, 6) is 1.40. The highest BCUT2D eigenvalue weighted by Crippen LogP contribution is 2.28. The zero-order valence-electron chi connectivity index (χ0n) is 11.2. The van der Waals surface area contributed by atoms with Gasteiger partial charge in [0.1, 0.15) is 11.5 Å². The minimum atomic E-state index is -0.509. The van der Waals surface area contributed by atoms with E-state index >= 15 is 0 Å². The number of para-hydroxylation sites is 2. The van der Waals surface area contributed by atoms with Gasteiger partial charge in [-0.1, -0.05) is 12.1 Å². The Morgan fingerprint density at radius 2 is 2.20 bits per heavy atom. The Kier molecular flexibility index (Phi) is 3.33. The Hall–Kier alpha value is -2.43. The zero-order valence-corrected chi connectivity index (χ0v) is 11.2. The van der Waals surface area contributed by atoms with Crippen molar-refractivity contribution in [1.82, 2.24) is 4.90 Å². The van der Waals surface area contributed by atoms with Crippen LogP contribution in [0.5, 0.6) is 5.75 Å². The van der Waals surface area contributed by atoms with Crippen LogP contribution >= 0.6 is 0 Å². The van der Waals surface area contributed by atoms with Crippen LogP contribution in [-0.4, -0.2) is 30.5 Å². The molecule has 1 aromatic carbocycles. The van der Waals surface area contributed by atoms with Crippen LogP contribution in [0.2, 0.25) is 0 Å². The first-order chi connectivity index (χ1) is 9.74. The number of ether oxygens (including phenoxy) is 1. The van der Waals surface area contributed by atoms with E-state index in [4.69, 9.17) is 9.15 Å². The molecule has 5 nitrogen and oxygen atoms in total. The molecule has 2 heterocycles. The van der Waals surface area contributed by atoms with Crippen LogP contribution in [0.25, 0.3) is 0 Å². The summed E-state index contributed by atoms with van der Waals surface area (Å²) in [6.45, 7) is 0.908. The predicted octanol–water partition coefficient (Wildman–Crippen LogP) is 2.11. The second kappa shape index (κ2) is 5.28. The summed E-state index contributed by atoms with van der Waals surface area (Å²) < 4.78 is 11.0. The minimum Gasteiger partial charge on any atom is -0.477 e. The van der Waals surface area contributed by atoms with Gasteiger partial charge in [0.25, 0.3) is 5.91 Å². The molecule has 0 spiro atoms. The van der Waals surface area contributed by atoms with Crippen molar-refractivity contribution in [1.29, 1.82) is 0 Å². The molecule has 104 valence electrons. The summed E-state index contributed by atoms with van der Waals surface area (Å²) in [5.41, 5.74) is 0.922. The third-order valence-corrected chi connectivity index (χ3v) is 3.26. The lowest BCUT2D eigenvalue weighted by Gasteiger charge is -2.29. The van der Waals surface area contributed by atoms with Crippen LogP contribution < -0.4 is 10.1 Å². The zero-order chi connectivity index (χ0) is 13.9. The summed E-state index contributed by atoms with van der Waals surface area (Å²) in [7, 11) is 1.74. The van der Waals surface area contributed by atoms with Crippen LogP contribution in [0, 0.1) is 0 Å². The second-order valence-electron chi connectivity index (χ2n) is 4.76. The SMILES string of the molecule is CN(Cc1ccco1)C(=O)C1CNc2ccccc2O1. The number of benzene rings is 1. The van der Waals surface area contributed by atoms with Crippen LogP contribution in [0.15, 0.2) is 47.1 Å². The molecular weight excluding hydrogens is 256 g/mol. The number of fused-ring (bicyclic) bond motifs is 1. The monoisotopic (exact) mass is 272 g/mol.